The van der Waals surface area contributed by atoms with E-state index in [-0.39, 0.29) is 11.9 Å². The van der Waals surface area contributed by atoms with E-state index in [1.165, 1.54) is 0 Å². The summed E-state index contributed by atoms with van der Waals surface area (Å²) >= 11 is 0. The summed E-state index contributed by atoms with van der Waals surface area (Å²) in [4.78, 5) is 4.29. The maximum atomic E-state index is 11.8. The molecular weight excluding hydrogens is 242 g/mol. The minimum Gasteiger partial charge on any atom is -0.393 e. The van der Waals surface area contributed by atoms with Crippen LogP contribution < -0.4 is 0 Å². The Morgan fingerprint density at radius 1 is 1.35 bits per heavy atom. The van der Waals surface area contributed by atoms with Crippen molar-refractivity contribution in [1.82, 2.24) is 14.8 Å². The molecule has 7 heteroatoms. The molecular formula is C10H15N3O3S. The first kappa shape index (κ1) is 11.2. The van der Waals surface area contributed by atoms with Gasteiger partial charge in [-0.2, -0.15) is 5.10 Å². The van der Waals surface area contributed by atoms with Gasteiger partial charge in [-0.15, -0.1) is 0 Å². The first-order valence-corrected chi connectivity index (χ1v) is 7.61. The van der Waals surface area contributed by atoms with Crippen LogP contribution in [-0.4, -0.2) is 40.1 Å². The van der Waals surface area contributed by atoms with E-state index in [4.69, 9.17) is 0 Å². The van der Waals surface area contributed by atoms with Crippen LogP contribution in [0.25, 0.3) is 0 Å². The van der Waals surface area contributed by atoms with Crippen LogP contribution in [0.1, 0.15) is 36.2 Å². The van der Waals surface area contributed by atoms with Gasteiger partial charge in [0.15, 0.2) is 15.7 Å². The fraction of sp³-hybridized carbons (Fsp3) is 0.800. The average Bonchev–Trinajstić information content (AvgIpc) is 2.79. The third-order valence-corrected chi connectivity index (χ3v) is 5.64. The SMILES string of the molecule is O=S1(=O)CCCC1c1nc2n(n1)CCC(O)C2. The van der Waals surface area contributed by atoms with E-state index in [0.29, 0.717) is 43.9 Å². The summed E-state index contributed by atoms with van der Waals surface area (Å²) in [5.41, 5.74) is 0. The number of rotatable bonds is 1. The number of aromatic nitrogens is 3. The molecule has 2 unspecified atom stereocenters. The van der Waals surface area contributed by atoms with E-state index < -0.39 is 15.1 Å². The molecule has 2 aliphatic rings. The molecule has 0 amide bonds. The third kappa shape index (κ3) is 1.87. The van der Waals surface area contributed by atoms with Crippen LogP contribution in [0.2, 0.25) is 0 Å². The third-order valence-electron chi connectivity index (χ3n) is 3.47. The van der Waals surface area contributed by atoms with Gasteiger partial charge >= 0.3 is 0 Å². The zero-order valence-corrected chi connectivity index (χ0v) is 10.2. The second-order valence-electron chi connectivity index (χ2n) is 4.75. The molecule has 2 atom stereocenters. The molecule has 1 aromatic heterocycles. The molecule has 0 spiro atoms. The Balaban J connectivity index is 1.95. The van der Waals surface area contributed by atoms with E-state index >= 15 is 0 Å². The van der Waals surface area contributed by atoms with E-state index in [1.54, 1.807) is 4.68 Å². The van der Waals surface area contributed by atoms with Gasteiger partial charge < -0.3 is 5.11 Å². The van der Waals surface area contributed by atoms with Crippen molar-refractivity contribution in [2.45, 2.75) is 43.6 Å². The van der Waals surface area contributed by atoms with Gasteiger partial charge in [-0.25, -0.2) is 18.1 Å². The lowest BCUT2D eigenvalue weighted by Crippen LogP contribution is -2.23. The van der Waals surface area contributed by atoms with Crippen molar-refractivity contribution >= 4 is 9.84 Å². The van der Waals surface area contributed by atoms with Gasteiger partial charge in [0, 0.05) is 13.0 Å². The highest BCUT2D eigenvalue weighted by molar-refractivity contribution is 7.91. The molecule has 2 aliphatic heterocycles. The van der Waals surface area contributed by atoms with E-state index in [0.717, 1.165) is 0 Å². The van der Waals surface area contributed by atoms with Crippen LogP contribution in [-0.2, 0) is 22.8 Å². The number of nitrogens with zero attached hydrogens (tertiary/aromatic N) is 3. The summed E-state index contributed by atoms with van der Waals surface area (Å²) in [5, 5.41) is 13.3. The molecule has 0 aromatic carbocycles. The number of aliphatic hydroxyl groups is 1. The van der Waals surface area contributed by atoms with Gasteiger partial charge in [0.1, 0.15) is 11.1 Å². The Morgan fingerprint density at radius 2 is 2.18 bits per heavy atom. The highest BCUT2D eigenvalue weighted by Gasteiger charge is 2.36. The number of hydrogen-bond donors (Lipinski definition) is 1. The van der Waals surface area contributed by atoms with Crippen molar-refractivity contribution < 1.29 is 13.5 Å². The van der Waals surface area contributed by atoms with E-state index in [1.807, 2.05) is 0 Å². The summed E-state index contributed by atoms with van der Waals surface area (Å²) < 4.78 is 25.3. The normalized spacial score (nSPS) is 31.4. The monoisotopic (exact) mass is 257 g/mol. The van der Waals surface area contributed by atoms with Crippen molar-refractivity contribution in [2.75, 3.05) is 5.75 Å². The molecule has 6 nitrogen and oxygen atoms in total. The molecule has 1 saturated heterocycles. The van der Waals surface area contributed by atoms with Gasteiger partial charge in [0.25, 0.3) is 0 Å². The fourth-order valence-corrected chi connectivity index (χ4v) is 4.33. The predicted octanol–water partition coefficient (Wildman–Crippen LogP) is -0.165. The molecule has 3 heterocycles. The molecule has 1 aromatic rings. The fourth-order valence-electron chi connectivity index (χ4n) is 2.53. The highest BCUT2D eigenvalue weighted by Crippen LogP contribution is 2.33. The zero-order valence-electron chi connectivity index (χ0n) is 9.41. The standard InChI is InChI=1S/C10H15N3O3S/c14-7-3-4-13-9(6-7)11-10(12-13)8-2-1-5-17(8,15)16/h7-8,14H,1-6H2. The lowest BCUT2D eigenvalue weighted by atomic mass is 10.1. The largest absolute Gasteiger partial charge is 0.393 e. The van der Waals surface area contributed by atoms with Gasteiger partial charge in [0.2, 0.25) is 0 Å². The van der Waals surface area contributed by atoms with Crippen LogP contribution in [0, 0.1) is 0 Å². The summed E-state index contributed by atoms with van der Waals surface area (Å²) in [6, 6.07) is 0. The molecule has 94 valence electrons. The molecule has 0 aliphatic carbocycles. The summed E-state index contributed by atoms with van der Waals surface area (Å²) in [5.74, 6) is 1.37. The Bertz CT molecular complexity index is 537. The number of fused-ring (bicyclic) bond motifs is 1. The van der Waals surface area contributed by atoms with E-state index in [9.17, 15) is 13.5 Å². The second kappa shape index (κ2) is 3.78. The molecule has 3 rings (SSSR count). The Hall–Kier alpha value is -0.950. The van der Waals surface area contributed by atoms with Crippen LogP contribution >= 0.6 is 0 Å². The predicted molar refractivity (Wildman–Crippen MR) is 60.1 cm³/mol. The van der Waals surface area contributed by atoms with Crippen LogP contribution in [0.5, 0.6) is 0 Å². The van der Waals surface area contributed by atoms with Gasteiger partial charge in [-0.1, -0.05) is 0 Å². The lowest BCUT2D eigenvalue weighted by Gasteiger charge is -2.16. The first-order valence-electron chi connectivity index (χ1n) is 5.89. The number of hydrogen-bond acceptors (Lipinski definition) is 5. The molecule has 0 saturated carbocycles. The van der Waals surface area contributed by atoms with Crippen molar-refractivity contribution in [3.8, 4) is 0 Å². The minimum atomic E-state index is -3.05. The maximum Gasteiger partial charge on any atom is 0.169 e. The molecule has 0 radical (unpaired) electrons. The molecule has 0 bridgehead atoms. The quantitative estimate of drug-likeness (QED) is 0.755. The number of aliphatic hydroxyl groups excluding tert-OH is 1. The van der Waals surface area contributed by atoms with Crippen LogP contribution in [0.4, 0.5) is 0 Å². The van der Waals surface area contributed by atoms with Crippen molar-refractivity contribution in [3.63, 3.8) is 0 Å². The summed E-state index contributed by atoms with van der Waals surface area (Å²) in [6.45, 7) is 0.621. The first-order chi connectivity index (χ1) is 8.06. The van der Waals surface area contributed by atoms with E-state index in [2.05, 4.69) is 10.1 Å². The Morgan fingerprint density at radius 3 is 2.88 bits per heavy atom. The lowest BCUT2D eigenvalue weighted by molar-refractivity contribution is 0.138. The Labute approximate surface area is 99.6 Å². The highest BCUT2D eigenvalue weighted by atomic mass is 32.2. The topological polar surface area (TPSA) is 85.1 Å². The smallest absolute Gasteiger partial charge is 0.169 e. The number of sulfone groups is 1. The van der Waals surface area contributed by atoms with Gasteiger partial charge in [-0.05, 0) is 19.3 Å². The molecule has 1 N–H and O–H groups in total. The van der Waals surface area contributed by atoms with Gasteiger partial charge in [0.05, 0.1) is 11.9 Å². The maximum absolute atomic E-state index is 11.8. The van der Waals surface area contributed by atoms with Gasteiger partial charge in [-0.3, -0.25) is 0 Å². The van der Waals surface area contributed by atoms with Crippen molar-refractivity contribution in [2.24, 2.45) is 0 Å². The second-order valence-corrected chi connectivity index (χ2v) is 7.06. The van der Waals surface area contributed by atoms with Crippen molar-refractivity contribution in [1.29, 1.82) is 0 Å². The summed E-state index contributed by atoms with van der Waals surface area (Å²) in [7, 11) is -3.05. The molecule has 17 heavy (non-hydrogen) atoms. The minimum absolute atomic E-state index is 0.240. The number of aryl methyl sites for hydroxylation is 1. The van der Waals surface area contributed by atoms with Crippen molar-refractivity contribution in [3.05, 3.63) is 11.6 Å². The van der Waals surface area contributed by atoms with Crippen LogP contribution in [0.3, 0.4) is 0 Å². The average molecular weight is 257 g/mol. The Kier molecular flexibility index (Phi) is 2.48. The molecule has 1 fully saturated rings. The van der Waals surface area contributed by atoms with Crippen LogP contribution in [0.15, 0.2) is 0 Å². The zero-order chi connectivity index (χ0) is 12.0. The summed E-state index contributed by atoms with van der Waals surface area (Å²) in [6.07, 6.45) is 2.07.